The zero-order chi connectivity index (χ0) is 14.7. The minimum absolute atomic E-state index is 0.168. The average molecular weight is 348 g/mol. The van der Waals surface area contributed by atoms with E-state index >= 15 is 0 Å². The van der Waals surface area contributed by atoms with Crippen LogP contribution >= 0.6 is 15.9 Å². The summed E-state index contributed by atoms with van der Waals surface area (Å²) in [4.78, 5) is 12.2. The summed E-state index contributed by atoms with van der Waals surface area (Å²) in [5.74, 6) is 1.13. The van der Waals surface area contributed by atoms with Gasteiger partial charge in [-0.05, 0) is 35.9 Å². The lowest BCUT2D eigenvalue weighted by molar-refractivity contribution is 0.102. The molecule has 1 aliphatic rings. The lowest BCUT2D eigenvalue weighted by Gasteiger charge is -2.18. The quantitative estimate of drug-likeness (QED) is 0.862. The van der Waals surface area contributed by atoms with Gasteiger partial charge in [0.2, 0.25) is 0 Å². The monoisotopic (exact) mass is 347 g/mol. The Labute approximate surface area is 131 Å². The molecule has 2 aromatic rings. The van der Waals surface area contributed by atoms with Gasteiger partial charge in [0.25, 0.3) is 5.91 Å². The molecule has 1 amide bonds. The molecular weight excluding hydrogens is 334 g/mol. The Bertz CT molecular complexity index is 655. The number of halogens is 1. The number of nitrogens with one attached hydrogen (secondary N) is 1. The second kappa shape index (κ2) is 6.18. The second-order valence-corrected chi connectivity index (χ2v) is 5.20. The van der Waals surface area contributed by atoms with Crippen molar-refractivity contribution in [3.05, 3.63) is 53.6 Å². The zero-order valence-corrected chi connectivity index (χ0v) is 12.9. The molecule has 0 bridgehead atoms. The van der Waals surface area contributed by atoms with Crippen LogP contribution in [0.2, 0.25) is 0 Å². The summed E-state index contributed by atoms with van der Waals surface area (Å²) in [6.07, 6.45) is 0. The predicted molar refractivity (Wildman–Crippen MR) is 84.5 cm³/mol. The summed E-state index contributed by atoms with van der Waals surface area (Å²) in [5.41, 5.74) is 2.47. The van der Waals surface area contributed by atoms with Crippen LogP contribution in [0.5, 0.6) is 11.5 Å². The molecule has 1 aliphatic heterocycles. The topological polar surface area (TPSA) is 47.6 Å². The molecule has 0 aliphatic carbocycles. The average Bonchev–Trinajstić information content (AvgIpc) is 2.55. The maximum Gasteiger partial charge on any atom is 0.255 e. The van der Waals surface area contributed by atoms with Crippen molar-refractivity contribution in [2.24, 2.45) is 0 Å². The van der Waals surface area contributed by atoms with Gasteiger partial charge in [-0.2, -0.15) is 0 Å². The predicted octanol–water partition coefficient (Wildman–Crippen LogP) is 3.61. The van der Waals surface area contributed by atoms with E-state index in [9.17, 15) is 4.79 Å². The number of alkyl halides is 1. The molecule has 0 spiro atoms. The standard InChI is InChI=1S/C16H14BrNO3/c17-10-11-1-4-13(5-2-11)18-16(19)12-3-6-14-15(9-12)21-8-7-20-14/h1-6,9H,7-8,10H2,(H,18,19). The van der Waals surface area contributed by atoms with E-state index in [2.05, 4.69) is 21.2 Å². The maximum absolute atomic E-state index is 12.2. The number of carbonyl (C=O) groups excluding carboxylic acids is 1. The third-order valence-corrected chi connectivity index (χ3v) is 3.82. The minimum atomic E-state index is -0.168. The Hall–Kier alpha value is -2.01. The first-order valence-electron chi connectivity index (χ1n) is 6.62. The molecule has 0 saturated carbocycles. The van der Waals surface area contributed by atoms with Crippen LogP contribution in [0.15, 0.2) is 42.5 Å². The van der Waals surface area contributed by atoms with Crippen LogP contribution in [-0.4, -0.2) is 19.1 Å². The van der Waals surface area contributed by atoms with Crippen LogP contribution in [0.25, 0.3) is 0 Å². The number of hydrogen-bond donors (Lipinski definition) is 1. The van der Waals surface area contributed by atoms with E-state index in [1.807, 2.05) is 24.3 Å². The lowest BCUT2D eigenvalue weighted by atomic mass is 10.1. The van der Waals surface area contributed by atoms with Crippen LogP contribution in [0, 0.1) is 0 Å². The highest BCUT2D eigenvalue weighted by molar-refractivity contribution is 9.08. The first-order chi connectivity index (χ1) is 10.3. The molecule has 1 N–H and O–H groups in total. The number of hydrogen-bond acceptors (Lipinski definition) is 3. The van der Waals surface area contributed by atoms with Crippen molar-refractivity contribution in [3.8, 4) is 11.5 Å². The Morgan fingerprint density at radius 3 is 2.48 bits per heavy atom. The van der Waals surface area contributed by atoms with Gasteiger partial charge in [-0.3, -0.25) is 4.79 Å². The van der Waals surface area contributed by atoms with Crippen LogP contribution in [0.4, 0.5) is 5.69 Å². The third-order valence-electron chi connectivity index (χ3n) is 3.17. The van der Waals surface area contributed by atoms with Crippen molar-refractivity contribution >= 4 is 27.5 Å². The van der Waals surface area contributed by atoms with Gasteiger partial charge in [-0.1, -0.05) is 28.1 Å². The molecule has 0 unspecified atom stereocenters. The summed E-state index contributed by atoms with van der Waals surface area (Å²) in [6.45, 7) is 1.05. The highest BCUT2D eigenvalue weighted by Gasteiger charge is 2.15. The fraction of sp³-hybridized carbons (Fsp3) is 0.188. The molecule has 0 aromatic heterocycles. The van der Waals surface area contributed by atoms with E-state index in [-0.39, 0.29) is 5.91 Å². The SMILES string of the molecule is O=C(Nc1ccc(CBr)cc1)c1ccc2c(c1)OCCO2. The fourth-order valence-electron chi connectivity index (χ4n) is 2.07. The Morgan fingerprint density at radius 2 is 1.76 bits per heavy atom. The zero-order valence-electron chi connectivity index (χ0n) is 11.3. The highest BCUT2D eigenvalue weighted by atomic mass is 79.9. The van der Waals surface area contributed by atoms with Crippen molar-refractivity contribution in [2.75, 3.05) is 18.5 Å². The van der Waals surface area contributed by atoms with Crippen LogP contribution < -0.4 is 14.8 Å². The number of benzene rings is 2. The number of anilines is 1. The molecule has 3 rings (SSSR count). The van der Waals surface area contributed by atoms with Gasteiger partial charge in [0.15, 0.2) is 11.5 Å². The first-order valence-corrected chi connectivity index (χ1v) is 7.74. The number of carbonyl (C=O) groups is 1. The van der Waals surface area contributed by atoms with Crippen molar-refractivity contribution in [1.29, 1.82) is 0 Å². The molecule has 108 valence electrons. The van der Waals surface area contributed by atoms with Gasteiger partial charge in [0, 0.05) is 16.6 Å². The van der Waals surface area contributed by atoms with Crippen molar-refractivity contribution in [3.63, 3.8) is 0 Å². The molecule has 0 fully saturated rings. The summed E-state index contributed by atoms with van der Waals surface area (Å²) in [5, 5.41) is 3.66. The van der Waals surface area contributed by atoms with Gasteiger partial charge in [0.05, 0.1) is 0 Å². The summed E-state index contributed by atoms with van der Waals surface area (Å²) in [6, 6.07) is 12.9. The molecule has 0 radical (unpaired) electrons. The van der Waals surface area contributed by atoms with Crippen molar-refractivity contribution in [1.82, 2.24) is 0 Å². The third kappa shape index (κ3) is 3.19. The molecule has 5 heteroatoms. The summed E-state index contributed by atoms with van der Waals surface area (Å²) in [7, 11) is 0. The van der Waals surface area contributed by atoms with Crippen LogP contribution in [0.1, 0.15) is 15.9 Å². The van der Waals surface area contributed by atoms with Gasteiger partial charge < -0.3 is 14.8 Å². The largest absolute Gasteiger partial charge is 0.486 e. The minimum Gasteiger partial charge on any atom is -0.486 e. The number of rotatable bonds is 3. The maximum atomic E-state index is 12.2. The molecule has 4 nitrogen and oxygen atoms in total. The summed E-state index contributed by atoms with van der Waals surface area (Å²) < 4.78 is 10.9. The molecule has 0 saturated heterocycles. The number of amides is 1. The Kier molecular flexibility index (Phi) is 4.10. The normalized spacial score (nSPS) is 12.8. The van der Waals surface area contributed by atoms with E-state index in [1.165, 1.54) is 0 Å². The molecule has 0 atom stereocenters. The van der Waals surface area contributed by atoms with Gasteiger partial charge >= 0.3 is 0 Å². The van der Waals surface area contributed by atoms with E-state index in [4.69, 9.17) is 9.47 Å². The molecule has 1 heterocycles. The van der Waals surface area contributed by atoms with E-state index in [0.29, 0.717) is 30.3 Å². The fourth-order valence-corrected chi connectivity index (χ4v) is 2.44. The molecule has 21 heavy (non-hydrogen) atoms. The van der Waals surface area contributed by atoms with E-state index < -0.39 is 0 Å². The highest BCUT2D eigenvalue weighted by Crippen LogP contribution is 2.30. The van der Waals surface area contributed by atoms with Crippen LogP contribution in [0.3, 0.4) is 0 Å². The van der Waals surface area contributed by atoms with Gasteiger partial charge in [-0.15, -0.1) is 0 Å². The van der Waals surface area contributed by atoms with Crippen molar-refractivity contribution in [2.45, 2.75) is 5.33 Å². The molecule has 2 aromatic carbocycles. The van der Waals surface area contributed by atoms with Gasteiger partial charge in [-0.25, -0.2) is 0 Å². The molecular formula is C16H14BrNO3. The summed E-state index contributed by atoms with van der Waals surface area (Å²) >= 11 is 3.39. The van der Waals surface area contributed by atoms with Gasteiger partial charge in [0.1, 0.15) is 13.2 Å². The second-order valence-electron chi connectivity index (χ2n) is 4.64. The van der Waals surface area contributed by atoms with Crippen molar-refractivity contribution < 1.29 is 14.3 Å². The lowest BCUT2D eigenvalue weighted by Crippen LogP contribution is -2.17. The number of fused-ring (bicyclic) bond motifs is 1. The number of ether oxygens (including phenoxy) is 2. The van der Waals surface area contributed by atoms with Crippen LogP contribution in [-0.2, 0) is 5.33 Å². The Balaban J connectivity index is 1.75. The first kappa shape index (κ1) is 13.9. The Morgan fingerprint density at radius 1 is 1.05 bits per heavy atom. The van der Waals surface area contributed by atoms with E-state index in [1.54, 1.807) is 18.2 Å². The smallest absolute Gasteiger partial charge is 0.255 e. The van der Waals surface area contributed by atoms with E-state index in [0.717, 1.165) is 16.6 Å².